The number of amides is 3. The van der Waals surface area contributed by atoms with Crippen LogP contribution in [0, 0.1) is 12.3 Å². The summed E-state index contributed by atoms with van der Waals surface area (Å²) in [5.74, 6) is 1.42. The monoisotopic (exact) mass is 220 g/mol. The van der Waals surface area contributed by atoms with Gasteiger partial charge in [-0.15, -0.1) is 12.3 Å². The van der Waals surface area contributed by atoms with Crippen molar-refractivity contribution in [3.05, 3.63) is 12.2 Å². The van der Waals surface area contributed by atoms with E-state index in [1.54, 1.807) is 0 Å². The number of terminal acetylenes is 1. The average molecular weight is 220 g/mol. The first-order valence-electron chi connectivity index (χ1n) is 4.89. The van der Waals surface area contributed by atoms with E-state index < -0.39 is 0 Å². The van der Waals surface area contributed by atoms with Crippen molar-refractivity contribution in [1.29, 1.82) is 0 Å². The molecule has 0 aromatic carbocycles. The summed E-state index contributed by atoms with van der Waals surface area (Å²) in [6, 6.07) is 0. The maximum atomic E-state index is 11.2. The molecular weight excluding hydrogens is 208 g/mol. The average Bonchev–Trinajstić information content (AvgIpc) is 2.57. The van der Waals surface area contributed by atoms with Crippen LogP contribution in [0.4, 0.5) is 0 Å². The molecule has 3 amide bonds. The molecule has 0 unspecified atom stereocenters. The van der Waals surface area contributed by atoms with Crippen molar-refractivity contribution in [1.82, 2.24) is 10.2 Å². The Bertz CT molecular complexity index is 361. The Labute approximate surface area is 93.5 Å². The summed E-state index contributed by atoms with van der Waals surface area (Å²) in [7, 11) is 0. The second-order valence-corrected chi connectivity index (χ2v) is 3.22. The van der Waals surface area contributed by atoms with Crippen LogP contribution in [0.15, 0.2) is 12.2 Å². The van der Waals surface area contributed by atoms with E-state index in [4.69, 9.17) is 6.42 Å². The quantitative estimate of drug-likeness (QED) is 0.384. The molecule has 0 fully saturated rings. The summed E-state index contributed by atoms with van der Waals surface area (Å²) in [4.78, 5) is 34.5. The molecule has 1 heterocycles. The highest BCUT2D eigenvalue weighted by molar-refractivity contribution is 6.13. The maximum absolute atomic E-state index is 11.2. The van der Waals surface area contributed by atoms with Crippen LogP contribution >= 0.6 is 0 Å². The summed E-state index contributed by atoms with van der Waals surface area (Å²) in [6.07, 6.45) is 7.97. The van der Waals surface area contributed by atoms with Gasteiger partial charge in [-0.05, 0) is 0 Å². The van der Waals surface area contributed by atoms with Crippen LogP contribution < -0.4 is 5.32 Å². The first-order valence-corrected chi connectivity index (χ1v) is 4.89. The zero-order valence-corrected chi connectivity index (χ0v) is 8.73. The van der Waals surface area contributed by atoms with Crippen LogP contribution in [-0.2, 0) is 14.4 Å². The number of carbonyl (C=O) groups is 3. The largest absolute Gasteiger partial charge is 0.355 e. The van der Waals surface area contributed by atoms with Crippen LogP contribution in [0.1, 0.15) is 12.8 Å². The lowest BCUT2D eigenvalue weighted by molar-refractivity contribution is -0.137. The third-order valence-corrected chi connectivity index (χ3v) is 2.05. The van der Waals surface area contributed by atoms with Crippen molar-refractivity contribution >= 4 is 17.7 Å². The fourth-order valence-corrected chi connectivity index (χ4v) is 1.23. The zero-order valence-electron chi connectivity index (χ0n) is 8.73. The lowest BCUT2D eigenvalue weighted by atomic mass is 10.3. The van der Waals surface area contributed by atoms with Crippen molar-refractivity contribution in [3.63, 3.8) is 0 Å². The van der Waals surface area contributed by atoms with Gasteiger partial charge in [0.25, 0.3) is 11.8 Å². The number of rotatable bonds is 5. The molecule has 0 atom stereocenters. The molecule has 0 spiro atoms. The summed E-state index contributed by atoms with van der Waals surface area (Å²) < 4.78 is 0. The third-order valence-electron chi connectivity index (χ3n) is 2.05. The molecule has 1 aliphatic heterocycles. The topological polar surface area (TPSA) is 66.5 Å². The number of hydrogen-bond donors (Lipinski definition) is 1. The molecular formula is C11H12N2O3. The fourth-order valence-electron chi connectivity index (χ4n) is 1.23. The Hall–Kier alpha value is -2.09. The fraction of sp³-hybridized carbons (Fsp3) is 0.364. The van der Waals surface area contributed by atoms with Gasteiger partial charge in [0.05, 0.1) is 0 Å². The van der Waals surface area contributed by atoms with Crippen molar-refractivity contribution in [3.8, 4) is 12.3 Å². The van der Waals surface area contributed by atoms with E-state index in [1.165, 1.54) is 12.2 Å². The van der Waals surface area contributed by atoms with Crippen molar-refractivity contribution < 1.29 is 14.4 Å². The van der Waals surface area contributed by atoms with Gasteiger partial charge in [-0.1, -0.05) is 0 Å². The molecule has 0 bridgehead atoms. The van der Waals surface area contributed by atoms with E-state index in [2.05, 4.69) is 11.2 Å². The smallest absolute Gasteiger partial charge is 0.253 e. The van der Waals surface area contributed by atoms with E-state index >= 15 is 0 Å². The van der Waals surface area contributed by atoms with Gasteiger partial charge in [-0.25, -0.2) is 0 Å². The van der Waals surface area contributed by atoms with Crippen molar-refractivity contribution in [2.24, 2.45) is 0 Å². The van der Waals surface area contributed by atoms with Crippen LogP contribution in [0.2, 0.25) is 0 Å². The highest BCUT2D eigenvalue weighted by atomic mass is 16.2. The van der Waals surface area contributed by atoms with Gasteiger partial charge in [0.1, 0.15) is 0 Å². The molecule has 1 aliphatic rings. The summed E-state index contributed by atoms with van der Waals surface area (Å²) in [6.45, 7) is 0.516. The molecule has 0 saturated carbocycles. The van der Waals surface area contributed by atoms with E-state index in [9.17, 15) is 14.4 Å². The highest BCUT2D eigenvalue weighted by Gasteiger charge is 2.23. The van der Waals surface area contributed by atoms with Crippen molar-refractivity contribution in [2.75, 3.05) is 13.1 Å². The lowest BCUT2D eigenvalue weighted by Crippen LogP contribution is -2.34. The SMILES string of the molecule is C#CCCNC(=O)CCN1C(=O)C=CC1=O. The number of hydrogen-bond acceptors (Lipinski definition) is 3. The van der Waals surface area contributed by atoms with E-state index in [-0.39, 0.29) is 30.7 Å². The van der Waals surface area contributed by atoms with Crippen LogP contribution in [-0.4, -0.2) is 35.7 Å². The highest BCUT2D eigenvalue weighted by Crippen LogP contribution is 2.03. The van der Waals surface area contributed by atoms with Gasteiger partial charge in [0, 0.05) is 38.1 Å². The predicted octanol–water partition coefficient (Wildman–Crippen LogP) is -0.559. The minimum absolute atomic E-state index is 0.101. The number of carbonyl (C=O) groups excluding carboxylic acids is 3. The molecule has 5 nitrogen and oxygen atoms in total. The molecule has 0 aromatic rings. The number of nitrogens with zero attached hydrogens (tertiary/aromatic N) is 1. The van der Waals surface area contributed by atoms with E-state index in [0.29, 0.717) is 13.0 Å². The third kappa shape index (κ3) is 3.24. The van der Waals surface area contributed by atoms with Crippen molar-refractivity contribution in [2.45, 2.75) is 12.8 Å². The molecule has 1 rings (SSSR count). The van der Waals surface area contributed by atoms with Gasteiger partial charge in [0.2, 0.25) is 5.91 Å². The van der Waals surface area contributed by atoms with Gasteiger partial charge in [-0.2, -0.15) is 0 Å². The normalized spacial score (nSPS) is 14.1. The summed E-state index contributed by atoms with van der Waals surface area (Å²) >= 11 is 0. The molecule has 0 aliphatic carbocycles. The minimum atomic E-state index is -0.374. The first kappa shape index (κ1) is 12.0. The molecule has 16 heavy (non-hydrogen) atoms. The standard InChI is InChI=1S/C11H12N2O3/c1-2-3-7-12-9(14)6-8-13-10(15)4-5-11(13)16/h1,4-5H,3,6-8H2,(H,12,14). The second-order valence-electron chi connectivity index (χ2n) is 3.22. The molecule has 0 radical (unpaired) electrons. The summed E-state index contributed by atoms with van der Waals surface area (Å²) in [5, 5.41) is 2.59. The maximum Gasteiger partial charge on any atom is 0.253 e. The Morgan fingerprint density at radius 1 is 1.38 bits per heavy atom. The molecule has 1 N–H and O–H groups in total. The van der Waals surface area contributed by atoms with E-state index in [0.717, 1.165) is 4.90 Å². The minimum Gasteiger partial charge on any atom is -0.355 e. The Morgan fingerprint density at radius 2 is 2.00 bits per heavy atom. The Balaban J connectivity index is 2.25. The number of nitrogens with one attached hydrogen (secondary N) is 1. The molecule has 84 valence electrons. The van der Waals surface area contributed by atoms with Gasteiger partial charge >= 0.3 is 0 Å². The van der Waals surface area contributed by atoms with Gasteiger partial charge in [-0.3, -0.25) is 19.3 Å². The summed E-state index contributed by atoms with van der Waals surface area (Å²) in [5.41, 5.74) is 0. The molecule has 0 saturated heterocycles. The van der Waals surface area contributed by atoms with Gasteiger partial charge in [0.15, 0.2) is 0 Å². The number of imide groups is 1. The van der Waals surface area contributed by atoms with Crippen LogP contribution in [0.5, 0.6) is 0 Å². The zero-order chi connectivity index (χ0) is 12.0. The molecule has 0 aromatic heterocycles. The molecule has 5 heteroatoms. The Morgan fingerprint density at radius 3 is 2.56 bits per heavy atom. The predicted molar refractivity (Wildman–Crippen MR) is 56.9 cm³/mol. The van der Waals surface area contributed by atoms with Gasteiger partial charge < -0.3 is 5.32 Å². The van der Waals surface area contributed by atoms with Crippen LogP contribution in [0.25, 0.3) is 0 Å². The van der Waals surface area contributed by atoms with E-state index in [1.807, 2.05) is 0 Å². The second kappa shape index (κ2) is 5.71. The van der Waals surface area contributed by atoms with Crippen LogP contribution in [0.3, 0.4) is 0 Å². The Kier molecular flexibility index (Phi) is 4.28. The lowest BCUT2D eigenvalue weighted by Gasteiger charge is -2.12. The first-order chi connectivity index (χ1) is 7.65.